The summed E-state index contributed by atoms with van der Waals surface area (Å²) in [4.78, 5) is 0. The lowest BCUT2D eigenvalue weighted by Gasteiger charge is -2.29. The maximum absolute atomic E-state index is 13.0. The van der Waals surface area contributed by atoms with Crippen LogP contribution in [0.25, 0.3) is 0 Å². The lowest BCUT2D eigenvalue weighted by molar-refractivity contribution is -0.137. The Hall–Kier alpha value is -0.973. The van der Waals surface area contributed by atoms with Gasteiger partial charge in [-0.05, 0) is 19.1 Å². The number of ether oxygens (including phenoxy) is 1. The zero-order valence-electron chi connectivity index (χ0n) is 12.6. The van der Waals surface area contributed by atoms with E-state index in [4.69, 9.17) is 4.74 Å². The van der Waals surface area contributed by atoms with Crippen LogP contribution in [0.4, 0.5) is 13.2 Å². The molecule has 1 nitrogen and oxygen atoms in total. The van der Waals surface area contributed by atoms with Gasteiger partial charge in [-0.3, -0.25) is 0 Å². The summed E-state index contributed by atoms with van der Waals surface area (Å²) >= 11 is 0. The Bertz CT molecular complexity index is 431. The number of halogens is 3. The van der Waals surface area contributed by atoms with Gasteiger partial charge >= 0.3 is 6.18 Å². The van der Waals surface area contributed by atoms with Crippen LogP contribution in [0.2, 0.25) is 18.1 Å². The predicted molar refractivity (Wildman–Crippen MR) is 79.4 cm³/mol. The van der Waals surface area contributed by atoms with E-state index in [2.05, 4.69) is 20.8 Å². The second-order valence-corrected chi connectivity index (χ2v) is 10.3. The molecule has 20 heavy (non-hydrogen) atoms. The van der Waals surface area contributed by atoms with E-state index < -0.39 is 19.8 Å². The van der Waals surface area contributed by atoms with Gasteiger partial charge in [0.05, 0.1) is 20.2 Å². The van der Waals surface area contributed by atoms with Crippen LogP contribution in [0.1, 0.15) is 33.3 Å². The van der Waals surface area contributed by atoms with Crippen LogP contribution in [-0.2, 0) is 6.18 Å². The molecular formula is C15H23F3OSi. The van der Waals surface area contributed by atoms with Crippen molar-refractivity contribution in [2.24, 2.45) is 0 Å². The highest BCUT2D eigenvalue weighted by Crippen LogP contribution is 2.32. The molecule has 1 rings (SSSR count). The second-order valence-electron chi connectivity index (χ2n) is 5.02. The smallest absolute Gasteiger partial charge is 0.416 e. The normalized spacial score (nSPS) is 12.6. The van der Waals surface area contributed by atoms with E-state index in [9.17, 15) is 13.2 Å². The quantitative estimate of drug-likeness (QED) is 0.685. The molecule has 0 spiro atoms. The van der Waals surface area contributed by atoms with Crippen molar-refractivity contribution in [1.82, 2.24) is 0 Å². The van der Waals surface area contributed by atoms with E-state index in [-0.39, 0.29) is 0 Å². The summed E-state index contributed by atoms with van der Waals surface area (Å²) in [6, 6.07) is 7.12. The summed E-state index contributed by atoms with van der Waals surface area (Å²) in [5.74, 6) is 0.338. The van der Waals surface area contributed by atoms with Crippen LogP contribution in [0.15, 0.2) is 18.2 Å². The van der Waals surface area contributed by atoms with Gasteiger partial charge < -0.3 is 4.74 Å². The third-order valence-corrected chi connectivity index (χ3v) is 9.76. The van der Waals surface area contributed by atoms with Gasteiger partial charge in [-0.15, -0.1) is 0 Å². The highest BCUT2D eigenvalue weighted by atomic mass is 28.3. The standard InChI is InChI=1S/C15H23F3OSi/c1-5-19-13-9-12(15(16,17)18)10-14(11-13)20(6-2,7-3)8-4/h9-11H,5-8H2,1-4H3. The van der Waals surface area contributed by atoms with E-state index in [1.54, 1.807) is 6.92 Å². The Morgan fingerprint density at radius 3 is 1.90 bits per heavy atom. The van der Waals surface area contributed by atoms with E-state index in [0.717, 1.165) is 29.4 Å². The van der Waals surface area contributed by atoms with Crippen LogP contribution in [0, 0.1) is 0 Å². The van der Waals surface area contributed by atoms with E-state index in [1.807, 2.05) is 6.07 Å². The minimum Gasteiger partial charge on any atom is -0.494 e. The number of hydrogen-bond acceptors (Lipinski definition) is 1. The number of alkyl halides is 3. The second kappa shape index (κ2) is 6.65. The van der Waals surface area contributed by atoms with Crippen molar-refractivity contribution < 1.29 is 17.9 Å². The molecule has 0 N–H and O–H groups in total. The summed E-state index contributed by atoms with van der Waals surface area (Å²) in [6.07, 6.45) is -4.32. The molecule has 0 aromatic heterocycles. The van der Waals surface area contributed by atoms with Crippen LogP contribution in [0.3, 0.4) is 0 Å². The molecule has 0 aliphatic carbocycles. The molecule has 0 amide bonds. The first kappa shape index (κ1) is 17.1. The van der Waals surface area contributed by atoms with Crippen molar-refractivity contribution >= 4 is 13.3 Å². The highest BCUT2D eigenvalue weighted by Gasteiger charge is 2.35. The monoisotopic (exact) mass is 304 g/mol. The molecule has 5 heteroatoms. The Kier molecular flexibility index (Phi) is 5.68. The van der Waals surface area contributed by atoms with Crippen LogP contribution in [-0.4, -0.2) is 14.7 Å². The number of benzene rings is 1. The molecule has 0 atom stereocenters. The molecule has 0 aliphatic heterocycles. The minimum atomic E-state index is -4.32. The van der Waals surface area contributed by atoms with E-state index >= 15 is 0 Å². The first-order chi connectivity index (χ1) is 9.32. The molecule has 0 bridgehead atoms. The third-order valence-electron chi connectivity index (χ3n) is 4.19. The number of rotatable bonds is 6. The minimum absolute atomic E-state index is 0.338. The summed E-state index contributed by atoms with van der Waals surface area (Å²) in [7, 11) is -1.84. The van der Waals surface area contributed by atoms with Crippen LogP contribution >= 0.6 is 0 Å². The maximum atomic E-state index is 13.0. The lowest BCUT2D eigenvalue weighted by atomic mass is 10.2. The van der Waals surface area contributed by atoms with Crippen molar-refractivity contribution in [3.05, 3.63) is 23.8 Å². The van der Waals surface area contributed by atoms with E-state index in [1.165, 1.54) is 6.07 Å². The Balaban J connectivity index is 3.41. The maximum Gasteiger partial charge on any atom is 0.416 e. The molecule has 0 unspecified atom stereocenters. The first-order valence-corrected chi connectivity index (χ1v) is 9.80. The Morgan fingerprint density at radius 2 is 1.50 bits per heavy atom. The summed E-state index contributed by atoms with van der Waals surface area (Å²) in [5.41, 5.74) is -0.592. The molecule has 1 aromatic carbocycles. The molecule has 0 fully saturated rings. The third kappa shape index (κ3) is 3.56. The predicted octanol–water partition coefficient (Wildman–Crippen LogP) is 4.82. The van der Waals surface area contributed by atoms with Crippen molar-refractivity contribution in [3.63, 3.8) is 0 Å². The van der Waals surface area contributed by atoms with Gasteiger partial charge in [-0.25, -0.2) is 0 Å². The van der Waals surface area contributed by atoms with Crippen molar-refractivity contribution in [3.8, 4) is 5.75 Å². The molecule has 0 saturated carbocycles. The summed E-state index contributed by atoms with van der Waals surface area (Å²) in [5, 5.41) is 0.864. The Morgan fingerprint density at radius 1 is 0.950 bits per heavy atom. The van der Waals surface area contributed by atoms with Crippen molar-refractivity contribution in [2.45, 2.75) is 52.0 Å². The summed E-state index contributed by atoms with van der Waals surface area (Å²) in [6.45, 7) is 8.41. The van der Waals surface area contributed by atoms with Gasteiger partial charge in [0.25, 0.3) is 0 Å². The van der Waals surface area contributed by atoms with Gasteiger partial charge in [0.2, 0.25) is 0 Å². The van der Waals surface area contributed by atoms with Crippen molar-refractivity contribution in [2.75, 3.05) is 6.61 Å². The Labute approximate surface area is 120 Å². The van der Waals surface area contributed by atoms with Crippen LogP contribution in [0.5, 0.6) is 5.75 Å². The first-order valence-electron chi connectivity index (χ1n) is 7.18. The molecular weight excluding hydrogens is 281 g/mol. The van der Waals surface area contributed by atoms with Gasteiger partial charge in [-0.1, -0.05) is 50.2 Å². The average molecular weight is 304 g/mol. The fourth-order valence-corrected chi connectivity index (χ4v) is 6.32. The summed E-state index contributed by atoms with van der Waals surface area (Å²) < 4.78 is 44.5. The topological polar surface area (TPSA) is 9.23 Å². The SMILES string of the molecule is CCOc1cc(C(F)(F)F)cc([Si](CC)(CC)CC)c1. The molecule has 0 saturated heterocycles. The molecule has 0 radical (unpaired) electrons. The van der Waals surface area contributed by atoms with E-state index in [0.29, 0.717) is 12.4 Å². The fourth-order valence-electron chi connectivity index (χ4n) is 2.68. The van der Waals surface area contributed by atoms with Gasteiger partial charge in [0, 0.05) is 0 Å². The number of hydrogen-bond donors (Lipinski definition) is 0. The molecule has 0 aliphatic rings. The lowest BCUT2D eigenvalue weighted by Crippen LogP contribution is -2.46. The molecule has 0 heterocycles. The average Bonchev–Trinajstić information content (AvgIpc) is 2.41. The zero-order chi connectivity index (χ0) is 15.4. The molecule has 1 aromatic rings. The largest absolute Gasteiger partial charge is 0.494 e. The van der Waals surface area contributed by atoms with Gasteiger partial charge in [0.1, 0.15) is 5.75 Å². The fraction of sp³-hybridized carbons (Fsp3) is 0.600. The van der Waals surface area contributed by atoms with Gasteiger partial charge in [0.15, 0.2) is 0 Å². The molecule has 114 valence electrons. The highest BCUT2D eigenvalue weighted by molar-refractivity contribution is 6.91. The van der Waals surface area contributed by atoms with Gasteiger partial charge in [-0.2, -0.15) is 13.2 Å². The zero-order valence-corrected chi connectivity index (χ0v) is 13.6. The van der Waals surface area contributed by atoms with Crippen LogP contribution < -0.4 is 9.92 Å². The van der Waals surface area contributed by atoms with Crippen molar-refractivity contribution in [1.29, 1.82) is 0 Å².